The summed E-state index contributed by atoms with van der Waals surface area (Å²) in [6.07, 6.45) is 1.61. The topological polar surface area (TPSA) is 74.4 Å². The minimum absolute atomic E-state index is 0.0918. The summed E-state index contributed by atoms with van der Waals surface area (Å²) in [5, 5.41) is 0.568. The van der Waals surface area contributed by atoms with Crippen molar-refractivity contribution >= 4 is 28.6 Å². The Bertz CT molecular complexity index is 1530. The third-order valence-electron chi connectivity index (χ3n) is 4.97. The fourth-order valence-corrected chi connectivity index (χ4v) is 3.54. The van der Waals surface area contributed by atoms with Gasteiger partial charge in [-0.3, -0.25) is 18.3 Å². The monoisotopic (exact) mass is 424 g/mol. The van der Waals surface area contributed by atoms with Crippen molar-refractivity contribution < 1.29 is 8.81 Å². The number of oxazole rings is 1. The van der Waals surface area contributed by atoms with E-state index in [9.17, 15) is 14.0 Å². The summed E-state index contributed by atoms with van der Waals surface area (Å²) in [4.78, 5) is 30.3. The van der Waals surface area contributed by atoms with Gasteiger partial charge in [-0.1, -0.05) is 23.7 Å². The maximum absolute atomic E-state index is 13.2. The van der Waals surface area contributed by atoms with E-state index in [1.54, 1.807) is 49.6 Å². The molecule has 30 heavy (non-hydrogen) atoms. The van der Waals surface area contributed by atoms with Gasteiger partial charge in [0.15, 0.2) is 16.9 Å². The van der Waals surface area contributed by atoms with Gasteiger partial charge in [0.1, 0.15) is 5.82 Å². The molecule has 0 spiro atoms. The van der Waals surface area contributed by atoms with E-state index in [0.29, 0.717) is 16.3 Å². The van der Waals surface area contributed by atoms with Gasteiger partial charge in [-0.15, -0.1) is 0 Å². The summed E-state index contributed by atoms with van der Waals surface area (Å²) >= 11 is 5.92. The lowest BCUT2D eigenvalue weighted by atomic mass is 10.2. The first-order valence-corrected chi connectivity index (χ1v) is 9.42. The molecule has 3 heterocycles. The van der Waals surface area contributed by atoms with Gasteiger partial charge in [0.25, 0.3) is 5.56 Å². The molecule has 0 amide bonds. The molecule has 0 N–H and O–H groups in total. The smallest absolute Gasteiger partial charge is 0.332 e. The zero-order valence-electron chi connectivity index (χ0n) is 15.7. The third-order valence-corrected chi connectivity index (χ3v) is 5.23. The van der Waals surface area contributed by atoms with Crippen molar-refractivity contribution in [2.24, 2.45) is 7.05 Å². The highest BCUT2D eigenvalue weighted by molar-refractivity contribution is 6.30. The zero-order valence-corrected chi connectivity index (χ0v) is 16.4. The van der Waals surface area contributed by atoms with Crippen LogP contribution < -0.4 is 11.2 Å². The van der Waals surface area contributed by atoms with Gasteiger partial charge in [0.2, 0.25) is 0 Å². The van der Waals surface area contributed by atoms with Crippen molar-refractivity contribution in [2.75, 3.05) is 0 Å². The minimum atomic E-state index is -0.484. The first-order valence-electron chi connectivity index (χ1n) is 9.04. The van der Waals surface area contributed by atoms with Crippen molar-refractivity contribution in [1.29, 1.82) is 0 Å². The standard InChI is InChI=1S/C21H14ClFN4O3/c1-25-18-17(19(28)27(21(25)29)10-12-2-6-14(22)7-3-12)26-11-16(30-20(26)24-18)13-4-8-15(23)9-5-13/h2-9,11H,10H2,1H3. The fourth-order valence-electron chi connectivity index (χ4n) is 3.41. The minimum Gasteiger partial charge on any atom is -0.423 e. The highest BCUT2D eigenvalue weighted by Crippen LogP contribution is 2.24. The molecule has 0 aliphatic carbocycles. The largest absolute Gasteiger partial charge is 0.423 e. The van der Waals surface area contributed by atoms with Gasteiger partial charge >= 0.3 is 11.5 Å². The van der Waals surface area contributed by atoms with Crippen molar-refractivity contribution in [3.8, 4) is 11.3 Å². The molecule has 0 saturated heterocycles. The van der Waals surface area contributed by atoms with E-state index in [1.807, 2.05) is 0 Å². The van der Waals surface area contributed by atoms with Crippen LogP contribution in [0.15, 0.2) is 68.7 Å². The molecule has 0 radical (unpaired) electrons. The van der Waals surface area contributed by atoms with Crippen LogP contribution in [0.3, 0.4) is 0 Å². The Morgan fingerprint density at radius 1 is 1.07 bits per heavy atom. The number of hydrogen-bond donors (Lipinski definition) is 0. The van der Waals surface area contributed by atoms with Crippen LogP contribution in [-0.2, 0) is 13.6 Å². The van der Waals surface area contributed by atoms with E-state index in [1.165, 1.54) is 21.1 Å². The highest BCUT2D eigenvalue weighted by Gasteiger charge is 2.20. The molecule has 0 atom stereocenters. The van der Waals surface area contributed by atoms with E-state index < -0.39 is 11.2 Å². The molecular formula is C21H14ClFN4O3. The van der Waals surface area contributed by atoms with E-state index in [4.69, 9.17) is 16.0 Å². The number of rotatable bonds is 3. The molecule has 0 aliphatic rings. The maximum atomic E-state index is 13.2. The number of hydrogen-bond acceptors (Lipinski definition) is 4. The number of benzene rings is 2. The maximum Gasteiger partial charge on any atom is 0.332 e. The van der Waals surface area contributed by atoms with Crippen LogP contribution in [0.1, 0.15) is 5.56 Å². The second-order valence-corrected chi connectivity index (χ2v) is 7.33. The van der Waals surface area contributed by atoms with E-state index in [-0.39, 0.29) is 29.4 Å². The van der Waals surface area contributed by atoms with Crippen LogP contribution in [-0.4, -0.2) is 18.5 Å². The number of imidazole rings is 1. The summed E-state index contributed by atoms with van der Waals surface area (Å²) in [5.74, 6) is 0.234. The lowest BCUT2D eigenvalue weighted by molar-refractivity contribution is 0.608. The van der Waals surface area contributed by atoms with E-state index in [0.717, 1.165) is 10.1 Å². The van der Waals surface area contributed by atoms with Crippen molar-refractivity contribution in [1.82, 2.24) is 18.5 Å². The summed E-state index contributed by atoms with van der Waals surface area (Å²) in [6, 6.07) is 12.7. The van der Waals surface area contributed by atoms with Gasteiger partial charge in [0.05, 0.1) is 12.7 Å². The van der Waals surface area contributed by atoms with E-state index in [2.05, 4.69) is 4.98 Å². The predicted octanol–water partition coefficient (Wildman–Crippen LogP) is 3.45. The van der Waals surface area contributed by atoms with Crippen LogP contribution >= 0.6 is 11.6 Å². The van der Waals surface area contributed by atoms with Crippen molar-refractivity contribution in [2.45, 2.75) is 6.54 Å². The Balaban J connectivity index is 1.71. The molecule has 5 rings (SSSR count). The molecule has 0 saturated carbocycles. The first kappa shape index (κ1) is 18.4. The average molecular weight is 425 g/mol. The fraction of sp³-hybridized carbons (Fsp3) is 0.0952. The van der Waals surface area contributed by atoms with Crippen LogP contribution in [0.4, 0.5) is 4.39 Å². The third kappa shape index (κ3) is 2.84. The summed E-state index contributed by atoms with van der Waals surface area (Å²) in [5.41, 5.74) is 0.878. The molecule has 0 fully saturated rings. The van der Waals surface area contributed by atoms with E-state index >= 15 is 0 Å². The van der Waals surface area contributed by atoms with Gasteiger partial charge in [-0.2, -0.15) is 4.98 Å². The SMILES string of the molecule is Cn1c(=O)n(Cc2ccc(Cl)cc2)c(=O)c2c1nc1oc(-c3ccc(F)cc3)cn12. The second-order valence-electron chi connectivity index (χ2n) is 6.90. The quantitative estimate of drug-likeness (QED) is 0.444. The zero-order chi connectivity index (χ0) is 21.0. The lowest BCUT2D eigenvalue weighted by Gasteiger charge is -2.08. The predicted molar refractivity (Wildman–Crippen MR) is 110 cm³/mol. The molecule has 150 valence electrons. The second kappa shape index (κ2) is 6.70. The molecule has 0 unspecified atom stereocenters. The van der Waals surface area contributed by atoms with Crippen molar-refractivity contribution in [3.05, 3.63) is 92.0 Å². The molecule has 0 aliphatic heterocycles. The highest BCUT2D eigenvalue weighted by atomic mass is 35.5. The number of aryl methyl sites for hydroxylation is 1. The van der Waals surface area contributed by atoms with Gasteiger partial charge in [0, 0.05) is 17.6 Å². The molecule has 2 aromatic carbocycles. The van der Waals surface area contributed by atoms with Gasteiger partial charge in [-0.05, 0) is 42.0 Å². The van der Waals surface area contributed by atoms with Crippen molar-refractivity contribution in [3.63, 3.8) is 0 Å². The molecule has 7 nitrogen and oxygen atoms in total. The van der Waals surface area contributed by atoms with Crippen LogP contribution in [0.5, 0.6) is 0 Å². The lowest BCUT2D eigenvalue weighted by Crippen LogP contribution is -2.39. The van der Waals surface area contributed by atoms with Crippen LogP contribution in [0.2, 0.25) is 5.02 Å². The Hall–Kier alpha value is -3.65. The summed E-state index contributed by atoms with van der Waals surface area (Å²) in [6.45, 7) is 0.0918. The van der Waals surface area contributed by atoms with Gasteiger partial charge in [-0.25, -0.2) is 9.18 Å². The Morgan fingerprint density at radius 3 is 2.47 bits per heavy atom. The number of nitrogens with zero attached hydrogens (tertiary/aromatic N) is 4. The summed E-state index contributed by atoms with van der Waals surface area (Å²) < 4.78 is 22.9. The molecule has 5 aromatic rings. The summed E-state index contributed by atoms with van der Waals surface area (Å²) in [7, 11) is 1.55. The number of halogens is 2. The van der Waals surface area contributed by atoms with Crippen LogP contribution in [0.25, 0.3) is 28.3 Å². The number of fused-ring (bicyclic) bond motifs is 3. The van der Waals surface area contributed by atoms with Crippen LogP contribution in [0, 0.1) is 5.82 Å². The average Bonchev–Trinajstić information content (AvgIpc) is 3.30. The van der Waals surface area contributed by atoms with Gasteiger partial charge < -0.3 is 4.42 Å². The Labute approximate surface area is 173 Å². The molecule has 3 aromatic heterocycles. The molecule has 0 bridgehead atoms. The molecular weight excluding hydrogens is 411 g/mol. The molecule has 9 heteroatoms. The Morgan fingerprint density at radius 2 is 1.77 bits per heavy atom. The normalized spacial score (nSPS) is 11.6. The Kier molecular flexibility index (Phi) is 4.11. The number of aromatic nitrogens is 4. The first-order chi connectivity index (χ1) is 14.4.